The van der Waals surface area contributed by atoms with Crippen LogP contribution in [0.5, 0.6) is 0 Å². The number of esters is 3. The molecule has 1 rings (SSSR count). The summed E-state index contributed by atoms with van der Waals surface area (Å²) in [5.74, 6) is -1.13. The van der Waals surface area contributed by atoms with Gasteiger partial charge >= 0.3 is 17.9 Å². The number of hydrogen-bond acceptors (Lipinski definition) is 7. The third kappa shape index (κ3) is 6.51. The first-order valence-corrected chi connectivity index (χ1v) is 6.57. The van der Waals surface area contributed by atoms with E-state index < -0.39 is 18.0 Å². The summed E-state index contributed by atoms with van der Waals surface area (Å²) in [5, 5.41) is 0. The van der Waals surface area contributed by atoms with E-state index >= 15 is 0 Å². The largest absolute Gasteiger partial charge is 0.462 e. The number of likely N-dealkylation sites (tertiary alicyclic amines) is 1. The van der Waals surface area contributed by atoms with Crippen molar-refractivity contribution in [2.24, 2.45) is 0 Å². The zero-order valence-corrected chi connectivity index (χ0v) is 12.1. The Labute approximate surface area is 118 Å². The minimum atomic E-state index is -0.507. The first-order valence-electron chi connectivity index (χ1n) is 6.57. The van der Waals surface area contributed by atoms with Crippen LogP contribution >= 0.6 is 0 Å². The molecule has 2 atom stereocenters. The van der Waals surface area contributed by atoms with E-state index in [-0.39, 0.29) is 18.7 Å². The lowest BCUT2D eigenvalue weighted by molar-refractivity contribution is -0.157. The number of rotatable bonds is 6. The molecule has 1 aliphatic rings. The van der Waals surface area contributed by atoms with Crippen molar-refractivity contribution in [3.8, 4) is 0 Å². The fourth-order valence-corrected chi connectivity index (χ4v) is 2.15. The monoisotopic (exact) mass is 287 g/mol. The van der Waals surface area contributed by atoms with Gasteiger partial charge in [-0.05, 0) is 6.42 Å². The average Bonchev–Trinajstić information content (AvgIpc) is 2.71. The molecule has 20 heavy (non-hydrogen) atoms. The highest BCUT2D eigenvalue weighted by Gasteiger charge is 2.28. The zero-order chi connectivity index (χ0) is 15.1. The number of hydrogen-bond donors (Lipinski definition) is 0. The topological polar surface area (TPSA) is 82.1 Å². The van der Waals surface area contributed by atoms with E-state index in [0.29, 0.717) is 13.1 Å². The van der Waals surface area contributed by atoms with Crippen molar-refractivity contribution in [2.45, 2.75) is 39.4 Å². The Hall–Kier alpha value is -1.63. The van der Waals surface area contributed by atoms with Crippen LogP contribution in [-0.2, 0) is 28.6 Å². The molecular formula is C13H21NO6. The molecule has 0 amide bonds. The predicted octanol–water partition coefficient (Wildman–Crippen LogP) is 0.119. The van der Waals surface area contributed by atoms with Gasteiger partial charge in [0, 0.05) is 40.4 Å². The third-order valence-corrected chi connectivity index (χ3v) is 2.83. The van der Waals surface area contributed by atoms with Crippen molar-refractivity contribution < 1.29 is 28.6 Å². The smallest absolute Gasteiger partial charge is 0.303 e. The van der Waals surface area contributed by atoms with E-state index in [4.69, 9.17) is 14.2 Å². The molecule has 0 aromatic carbocycles. The van der Waals surface area contributed by atoms with Gasteiger partial charge in [-0.2, -0.15) is 0 Å². The highest BCUT2D eigenvalue weighted by atomic mass is 16.6. The molecule has 1 fully saturated rings. The SMILES string of the molecule is CC(=O)OC[C@H](CN1CCC(OC(C)=O)C1)OC(C)=O. The molecule has 0 N–H and O–H groups in total. The first-order chi connectivity index (χ1) is 9.36. The molecule has 0 saturated carbocycles. The lowest BCUT2D eigenvalue weighted by Gasteiger charge is -2.23. The molecule has 1 saturated heterocycles. The highest BCUT2D eigenvalue weighted by Crippen LogP contribution is 2.14. The van der Waals surface area contributed by atoms with Crippen LogP contribution in [0, 0.1) is 0 Å². The van der Waals surface area contributed by atoms with E-state index in [9.17, 15) is 14.4 Å². The van der Waals surface area contributed by atoms with E-state index in [1.165, 1.54) is 20.8 Å². The molecule has 0 aromatic heterocycles. The number of nitrogens with zero attached hydrogens (tertiary/aromatic N) is 1. The molecule has 1 aliphatic heterocycles. The lowest BCUT2D eigenvalue weighted by atomic mass is 10.3. The molecular weight excluding hydrogens is 266 g/mol. The zero-order valence-electron chi connectivity index (χ0n) is 12.1. The van der Waals surface area contributed by atoms with Gasteiger partial charge in [0.1, 0.15) is 18.8 Å². The Morgan fingerprint density at radius 1 is 1.15 bits per heavy atom. The van der Waals surface area contributed by atoms with Crippen molar-refractivity contribution in [3.05, 3.63) is 0 Å². The molecule has 1 heterocycles. The van der Waals surface area contributed by atoms with Crippen molar-refractivity contribution in [2.75, 3.05) is 26.2 Å². The quantitative estimate of drug-likeness (QED) is 0.507. The minimum absolute atomic E-state index is 0.0314. The van der Waals surface area contributed by atoms with Gasteiger partial charge in [0.2, 0.25) is 0 Å². The minimum Gasteiger partial charge on any atom is -0.462 e. The summed E-state index contributed by atoms with van der Waals surface area (Å²) < 4.78 is 15.1. The van der Waals surface area contributed by atoms with Gasteiger partial charge in [-0.15, -0.1) is 0 Å². The van der Waals surface area contributed by atoms with Gasteiger partial charge in [0.05, 0.1) is 0 Å². The van der Waals surface area contributed by atoms with Crippen LogP contribution in [0.15, 0.2) is 0 Å². The van der Waals surface area contributed by atoms with Gasteiger partial charge < -0.3 is 14.2 Å². The second-order valence-corrected chi connectivity index (χ2v) is 4.81. The number of ether oxygens (including phenoxy) is 3. The van der Waals surface area contributed by atoms with Crippen LogP contribution in [0.2, 0.25) is 0 Å². The second-order valence-electron chi connectivity index (χ2n) is 4.81. The van der Waals surface area contributed by atoms with Crippen molar-refractivity contribution in [1.29, 1.82) is 0 Å². The van der Waals surface area contributed by atoms with Crippen LogP contribution < -0.4 is 0 Å². The molecule has 0 aromatic rings. The van der Waals surface area contributed by atoms with Crippen molar-refractivity contribution in [1.82, 2.24) is 4.90 Å². The Bertz CT molecular complexity index is 370. The average molecular weight is 287 g/mol. The molecule has 0 aliphatic carbocycles. The van der Waals surface area contributed by atoms with E-state index in [1.807, 2.05) is 4.90 Å². The van der Waals surface area contributed by atoms with Crippen molar-refractivity contribution >= 4 is 17.9 Å². The van der Waals surface area contributed by atoms with E-state index in [1.54, 1.807) is 0 Å². The fourth-order valence-electron chi connectivity index (χ4n) is 2.15. The van der Waals surface area contributed by atoms with Gasteiger partial charge in [-0.1, -0.05) is 0 Å². The van der Waals surface area contributed by atoms with Gasteiger partial charge in [-0.25, -0.2) is 0 Å². The predicted molar refractivity (Wildman–Crippen MR) is 68.8 cm³/mol. The third-order valence-electron chi connectivity index (χ3n) is 2.83. The highest BCUT2D eigenvalue weighted by molar-refractivity contribution is 5.67. The molecule has 0 spiro atoms. The Kier molecular flexibility index (Phi) is 6.44. The standard InChI is InChI=1S/C13H21NO6/c1-9(15)18-8-13(20-11(3)17)7-14-5-4-12(6-14)19-10(2)16/h12-13H,4-8H2,1-3H3/t12?,13-/m0/s1. The Morgan fingerprint density at radius 3 is 2.40 bits per heavy atom. The van der Waals surface area contributed by atoms with Gasteiger partial charge in [0.25, 0.3) is 0 Å². The van der Waals surface area contributed by atoms with Crippen LogP contribution in [0.25, 0.3) is 0 Å². The number of carbonyl (C=O) groups excluding carboxylic acids is 3. The van der Waals surface area contributed by atoms with Crippen molar-refractivity contribution in [3.63, 3.8) is 0 Å². The molecule has 0 bridgehead atoms. The maximum Gasteiger partial charge on any atom is 0.303 e. The molecule has 7 nitrogen and oxygen atoms in total. The summed E-state index contributed by atoms with van der Waals surface area (Å²) >= 11 is 0. The van der Waals surface area contributed by atoms with Crippen LogP contribution in [0.1, 0.15) is 27.2 Å². The summed E-state index contributed by atoms with van der Waals surface area (Å²) in [7, 11) is 0. The first kappa shape index (κ1) is 16.4. The normalized spacial score (nSPS) is 20.2. The maximum atomic E-state index is 11.0. The van der Waals surface area contributed by atoms with Crippen LogP contribution in [0.3, 0.4) is 0 Å². The summed E-state index contributed by atoms with van der Waals surface area (Å²) in [6.07, 6.45) is 0.117. The molecule has 1 unspecified atom stereocenters. The lowest BCUT2D eigenvalue weighted by Crippen LogP contribution is -2.37. The summed E-state index contributed by atoms with van der Waals surface area (Å²) in [4.78, 5) is 34.7. The van der Waals surface area contributed by atoms with E-state index in [2.05, 4.69) is 0 Å². The maximum absolute atomic E-state index is 11.0. The number of carbonyl (C=O) groups is 3. The molecule has 7 heteroatoms. The van der Waals surface area contributed by atoms with Gasteiger partial charge in [0.15, 0.2) is 0 Å². The van der Waals surface area contributed by atoms with E-state index in [0.717, 1.165) is 13.0 Å². The summed E-state index contributed by atoms with van der Waals surface area (Å²) in [5.41, 5.74) is 0. The summed E-state index contributed by atoms with van der Waals surface area (Å²) in [6, 6.07) is 0. The Morgan fingerprint density at radius 2 is 1.85 bits per heavy atom. The Balaban J connectivity index is 2.42. The molecule has 0 radical (unpaired) electrons. The fraction of sp³-hybridized carbons (Fsp3) is 0.769. The van der Waals surface area contributed by atoms with Crippen LogP contribution in [-0.4, -0.2) is 61.3 Å². The van der Waals surface area contributed by atoms with Crippen LogP contribution in [0.4, 0.5) is 0 Å². The van der Waals surface area contributed by atoms with Gasteiger partial charge in [-0.3, -0.25) is 19.3 Å². The molecule has 114 valence electrons. The second kappa shape index (κ2) is 7.84. The summed E-state index contributed by atoms with van der Waals surface area (Å²) in [6.45, 7) is 5.82.